The van der Waals surface area contributed by atoms with E-state index in [0.717, 1.165) is 0 Å². The molecule has 0 saturated carbocycles. The van der Waals surface area contributed by atoms with Crippen molar-refractivity contribution in [2.24, 2.45) is 0 Å². The summed E-state index contributed by atoms with van der Waals surface area (Å²) in [6, 6.07) is 14.2. The highest BCUT2D eigenvalue weighted by Gasteiger charge is 2.29. The molecule has 1 amide bonds. The van der Waals surface area contributed by atoms with E-state index in [1.165, 1.54) is 6.07 Å². The van der Waals surface area contributed by atoms with Gasteiger partial charge in [0.25, 0.3) is 11.5 Å². The van der Waals surface area contributed by atoms with E-state index in [2.05, 4.69) is 15.0 Å². The van der Waals surface area contributed by atoms with E-state index in [4.69, 9.17) is 9.47 Å². The molecular weight excluding hydrogens is 408 g/mol. The summed E-state index contributed by atoms with van der Waals surface area (Å²) in [6.45, 7) is 2.91. The highest BCUT2D eigenvalue weighted by Crippen LogP contribution is 2.27. The zero-order chi connectivity index (χ0) is 22.5. The number of aromatic amines is 1. The fourth-order valence-electron chi connectivity index (χ4n) is 3.87. The molecule has 0 bridgehead atoms. The summed E-state index contributed by atoms with van der Waals surface area (Å²) in [5.41, 5.74) is 1.02. The molecule has 3 aromatic rings. The van der Waals surface area contributed by atoms with Crippen LogP contribution in [0.5, 0.6) is 11.5 Å². The Morgan fingerprint density at radius 3 is 2.59 bits per heavy atom. The molecule has 2 aromatic heterocycles. The number of pyridine rings is 1. The first-order valence-electron chi connectivity index (χ1n) is 10.7. The van der Waals surface area contributed by atoms with E-state index in [1.807, 2.05) is 35.2 Å². The predicted molar refractivity (Wildman–Crippen MR) is 120 cm³/mol. The van der Waals surface area contributed by atoms with Gasteiger partial charge in [0.05, 0.1) is 18.5 Å². The predicted octanol–water partition coefficient (Wildman–Crippen LogP) is 3.01. The van der Waals surface area contributed by atoms with Gasteiger partial charge in [-0.15, -0.1) is 0 Å². The molecule has 0 aliphatic carbocycles. The molecule has 1 fully saturated rings. The highest BCUT2D eigenvalue weighted by molar-refractivity contribution is 5.81. The summed E-state index contributed by atoms with van der Waals surface area (Å²) in [7, 11) is 1.59. The molecule has 0 unspecified atom stereocenters. The van der Waals surface area contributed by atoms with Crippen LogP contribution in [-0.2, 0) is 4.79 Å². The number of aromatic nitrogens is 3. The maximum absolute atomic E-state index is 12.9. The van der Waals surface area contributed by atoms with Crippen LogP contribution in [0.4, 0.5) is 0 Å². The van der Waals surface area contributed by atoms with Gasteiger partial charge in [0.1, 0.15) is 17.3 Å². The van der Waals surface area contributed by atoms with Crippen LogP contribution in [0.15, 0.2) is 59.5 Å². The Kier molecular flexibility index (Phi) is 6.49. The maximum atomic E-state index is 12.9. The van der Waals surface area contributed by atoms with Crippen molar-refractivity contribution in [2.75, 3.05) is 20.2 Å². The molecule has 1 saturated heterocycles. The Morgan fingerprint density at radius 1 is 1.09 bits per heavy atom. The van der Waals surface area contributed by atoms with Crippen molar-refractivity contribution in [2.45, 2.75) is 31.8 Å². The molecule has 0 radical (unpaired) electrons. The molecule has 4 rings (SSSR count). The number of benzene rings is 1. The number of likely N-dealkylation sites (tertiary alicyclic amines) is 1. The molecule has 1 aliphatic heterocycles. The third-order valence-electron chi connectivity index (χ3n) is 5.58. The van der Waals surface area contributed by atoms with Crippen LogP contribution in [0.1, 0.15) is 31.5 Å². The number of amides is 1. The van der Waals surface area contributed by atoms with E-state index in [9.17, 15) is 9.59 Å². The van der Waals surface area contributed by atoms with Crippen LogP contribution in [0, 0.1) is 0 Å². The van der Waals surface area contributed by atoms with Gasteiger partial charge in [-0.25, -0.2) is 4.98 Å². The van der Waals surface area contributed by atoms with Crippen molar-refractivity contribution in [3.05, 3.63) is 70.9 Å². The second-order valence-electron chi connectivity index (χ2n) is 7.77. The van der Waals surface area contributed by atoms with Gasteiger partial charge in [-0.05, 0) is 44.0 Å². The van der Waals surface area contributed by atoms with Gasteiger partial charge in [0.2, 0.25) is 0 Å². The summed E-state index contributed by atoms with van der Waals surface area (Å²) in [5, 5.41) is 0. The van der Waals surface area contributed by atoms with Crippen molar-refractivity contribution < 1.29 is 14.3 Å². The lowest BCUT2D eigenvalue weighted by Gasteiger charge is -2.33. The minimum absolute atomic E-state index is 0.0602. The Labute approximate surface area is 186 Å². The third-order valence-corrected chi connectivity index (χ3v) is 5.58. The zero-order valence-electron chi connectivity index (χ0n) is 18.2. The minimum Gasteiger partial charge on any atom is -0.497 e. The normalized spacial score (nSPS) is 15.2. The van der Waals surface area contributed by atoms with Crippen molar-refractivity contribution in [3.63, 3.8) is 0 Å². The molecule has 8 nitrogen and oxygen atoms in total. The Morgan fingerprint density at radius 2 is 1.88 bits per heavy atom. The second-order valence-corrected chi connectivity index (χ2v) is 7.77. The molecule has 8 heteroatoms. The number of hydrogen-bond donors (Lipinski definition) is 1. The van der Waals surface area contributed by atoms with Crippen LogP contribution < -0.4 is 15.0 Å². The number of carbonyl (C=O) groups excluding carboxylic acids is 1. The number of ether oxygens (including phenoxy) is 2. The van der Waals surface area contributed by atoms with Crippen molar-refractivity contribution in [3.8, 4) is 22.9 Å². The molecule has 3 heterocycles. The van der Waals surface area contributed by atoms with E-state index in [0.29, 0.717) is 54.6 Å². The first-order chi connectivity index (χ1) is 15.5. The summed E-state index contributed by atoms with van der Waals surface area (Å²) < 4.78 is 11.0. The SMILES string of the molecule is COc1cccc(O[C@H](C)C(=O)N2CCC(c3nc(-c4ccccn4)cc(=O)[nH]3)CC2)c1. The number of nitrogens with zero attached hydrogens (tertiary/aromatic N) is 3. The fourth-order valence-corrected chi connectivity index (χ4v) is 3.87. The zero-order valence-corrected chi connectivity index (χ0v) is 18.2. The number of H-pyrrole nitrogens is 1. The van der Waals surface area contributed by atoms with Crippen LogP contribution in [0.3, 0.4) is 0 Å². The topological polar surface area (TPSA) is 97.4 Å². The molecule has 1 atom stereocenters. The number of hydrogen-bond acceptors (Lipinski definition) is 6. The van der Waals surface area contributed by atoms with Gasteiger partial charge < -0.3 is 19.4 Å². The van der Waals surface area contributed by atoms with Gasteiger partial charge in [-0.3, -0.25) is 14.6 Å². The number of piperidine rings is 1. The van der Waals surface area contributed by atoms with E-state index in [-0.39, 0.29) is 17.4 Å². The van der Waals surface area contributed by atoms with Gasteiger partial charge in [0, 0.05) is 37.3 Å². The summed E-state index contributed by atoms with van der Waals surface area (Å²) >= 11 is 0. The van der Waals surface area contributed by atoms with E-state index in [1.54, 1.807) is 32.4 Å². The first kappa shape index (κ1) is 21.5. The van der Waals surface area contributed by atoms with Gasteiger partial charge >= 0.3 is 0 Å². The molecule has 1 N–H and O–H groups in total. The maximum Gasteiger partial charge on any atom is 0.263 e. The van der Waals surface area contributed by atoms with E-state index < -0.39 is 6.10 Å². The van der Waals surface area contributed by atoms with Gasteiger partial charge in [-0.2, -0.15) is 0 Å². The Balaban J connectivity index is 1.39. The lowest BCUT2D eigenvalue weighted by atomic mass is 9.95. The average molecular weight is 434 g/mol. The standard InChI is InChI=1S/C24H26N4O4/c1-16(32-19-7-5-6-18(14-19)31-2)24(30)28-12-9-17(10-13-28)23-26-21(15-22(29)27-23)20-8-3-4-11-25-20/h3-8,11,14-17H,9-10,12-13H2,1-2H3,(H,26,27,29)/t16-/m1/s1. The van der Waals surface area contributed by atoms with Crippen molar-refractivity contribution >= 4 is 5.91 Å². The molecule has 1 aliphatic rings. The first-order valence-corrected chi connectivity index (χ1v) is 10.7. The average Bonchev–Trinajstić information content (AvgIpc) is 2.84. The number of methoxy groups -OCH3 is 1. The molecule has 32 heavy (non-hydrogen) atoms. The monoisotopic (exact) mass is 434 g/mol. The van der Waals surface area contributed by atoms with Crippen molar-refractivity contribution in [1.82, 2.24) is 19.9 Å². The van der Waals surface area contributed by atoms with Gasteiger partial charge in [0.15, 0.2) is 6.10 Å². The summed E-state index contributed by atoms with van der Waals surface area (Å²) in [4.78, 5) is 38.7. The van der Waals surface area contributed by atoms with Gasteiger partial charge in [-0.1, -0.05) is 12.1 Å². The van der Waals surface area contributed by atoms with Crippen LogP contribution in [-0.4, -0.2) is 52.1 Å². The van der Waals surface area contributed by atoms with Crippen LogP contribution >= 0.6 is 0 Å². The van der Waals surface area contributed by atoms with E-state index >= 15 is 0 Å². The lowest BCUT2D eigenvalue weighted by Crippen LogP contribution is -2.44. The molecule has 1 aromatic carbocycles. The molecule has 166 valence electrons. The summed E-state index contributed by atoms with van der Waals surface area (Å²) in [6.07, 6.45) is 2.50. The van der Waals surface area contributed by atoms with Crippen LogP contribution in [0.25, 0.3) is 11.4 Å². The third kappa shape index (κ3) is 4.96. The minimum atomic E-state index is -0.607. The largest absolute Gasteiger partial charge is 0.497 e. The second kappa shape index (κ2) is 9.64. The summed E-state index contributed by atoms with van der Waals surface area (Å²) in [5.74, 6) is 1.93. The number of carbonyl (C=O) groups is 1. The van der Waals surface area contributed by atoms with Crippen molar-refractivity contribution in [1.29, 1.82) is 0 Å². The Hall–Kier alpha value is -3.68. The number of rotatable bonds is 6. The Bertz CT molecular complexity index is 1120. The number of nitrogens with one attached hydrogen (secondary N) is 1. The molecular formula is C24H26N4O4. The highest BCUT2D eigenvalue weighted by atomic mass is 16.5. The molecule has 0 spiro atoms. The fraction of sp³-hybridized carbons (Fsp3) is 0.333. The lowest BCUT2D eigenvalue weighted by molar-refractivity contribution is -0.139. The quantitative estimate of drug-likeness (QED) is 0.641. The van der Waals surface area contributed by atoms with Crippen LogP contribution in [0.2, 0.25) is 0 Å². The smallest absolute Gasteiger partial charge is 0.263 e.